The summed E-state index contributed by atoms with van der Waals surface area (Å²) in [5, 5.41) is 4.53. The van der Waals surface area contributed by atoms with Crippen LogP contribution in [0.3, 0.4) is 0 Å². The summed E-state index contributed by atoms with van der Waals surface area (Å²) in [6.45, 7) is 1.82. The molecule has 0 bridgehead atoms. The summed E-state index contributed by atoms with van der Waals surface area (Å²) in [5.74, 6) is 0.730. The highest BCUT2D eigenvalue weighted by molar-refractivity contribution is 7.87. The normalized spacial score (nSPS) is 22.2. The minimum Gasteiger partial charge on any atom is -0.485 e. The van der Waals surface area contributed by atoms with Crippen molar-refractivity contribution in [3.05, 3.63) is 97.8 Å². The highest BCUT2D eigenvalue weighted by atomic mass is 32.2. The molecule has 0 fully saturated rings. The van der Waals surface area contributed by atoms with Gasteiger partial charge in [-0.1, -0.05) is 72.4 Å². The van der Waals surface area contributed by atoms with Crippen molar-refractivity contribution in [1.29, 1.82) is 0 Å². The maximum Gasteiger partial charge on any atom is 0.271 e. The van der Waals surface area contributed by atoms with Gasteiger partial charge in [0.05, 0.1) is 6.61 Å². The van der Waals surface area contributed by atoms with Crippen molar-refractivity contribution in [1.82, 2.24) is 0 Å². The molecule has 0 radical (unpaired) electrons. The zero-order valence-corrected chi connectivity index (χ0v) is 21.6. The molecular formula is C32H28O4S. The monoisotopic (exact) mass is 508 g/mol. The van der Waals surface area contributed by atoms with Crippen molar-refractivity contribution in [2.24, 2.45) is 0 Å². The third kappa shape index (κ3) is 3.72. The van der Waals surface area contributed by atoms with Crippen molar-refractivity contribution in [3.63, 3.8) is 0 Å². The van der Waals surface area contributed by atoms with Crippen LogP contribution in [0.1, 0.15) is 48.8 Å². The lowest BCUT2D eigenvalue weighted by molar-refractivity contribution is 0.258. The SMILES string of the molecule is CCOS(=O)(=O)CC1=c2c(ccc3c2=CC(C2C=CC=c4c2ccc2c4=CCC4=C2C=CCC4)O3)C=C1. The zero-order chi connectivity index (χ0) is 25.1. The quantitative estimate of drug-likeness (QED) is 0.583. The smallest absolute Gasteiger partial charge is 0.271 e. The average Bonchev–Trinajstić information content (AvgIpc) is 3.51. The van der Waals surface area contributed by atoms with Gasteiger partial charge < -0.3 is 4.74 Å². The van der Waals surface area contributed by atoms with Crippen LogP contribution in [0.5, 0.6) is 5.75 Å². The van der Waals surface area contributed by atoms with E-state index in [9.17, 15) is 8.42 Å². The van der Waals surface area contributed by atoms with Crippen LogP contribution >= 0.6 is 0 Å². The molecule has 0 aromatic heterocycles. The van der Waals surface area contributed by atoms with E-state index < -0.39 is 10.1 Å². The number of benzene rings is 2. The highest BCUT2D eigenvalue weighted by Gasteiger charge is 2.30. The van der Waals surface area contributed by atoms with Crippen LogP contribution in [0.4, 0.5) is 0 Å². The summed E-state index contributed by atoms with van der Waals surface area (Å²) in [6, 6.07) is 8.55. The van der Waals surface area contributed by atoms with E-state index in [-0.39, 0.29) is 24.4 Å². The fourth-order valence-electron chi connectivity index (χ4n) is 6.39. The predicted octanol–water partition coefficient (Wildman–Crippen LogP) is 3.19. The largest absolute Gasteiger partial charge is 0.485 e. The second kappa shape index (κ2) is 8.57. The molecule has 4 nitrogen and oxygen atoms in total. The second-order valence-electron chi connectivity index (χ2n) is 10.1. The minimum absolute atomic E-state index is 0.0731. The summed E-state index contributed by atoms with van der Waals surface area (Å²) in [6.07, 6.45) is 22.8. The van der Waals surface area contributed by atoms with Crippen molar-refractivity contribution in [2.45, 2.75) is 38.2 Å². The van der Waals surface area contributed by atoms with Crippen LogP contribution in [-0.4, -0.2) is 26.9 Å². The number of fused-ring (bicyclic) bond motifs is 7. The van der Waals surface area contributed by atoms with Crippen molar-refractivity contribution >= 4 is 45.6 Å². The summed E-state index contributed by atoms with van der Waals surface area (Å²) in [4.78, 5) is 0. The van der Waals surface area contributed by atoms with Gasteiger partial charge in [0.2, 0.25) is 0 Å². The minimum atomic E-state index is -3.64. The van der Waals surface area contributed by atoms with E-state index >= 15 is 0 Å². The van der Waals surface area contributed by atoms with Crippen LogP contribution in [0.2, 0.25) is 0 Å². The Hall–Kier alpha value is -3.41. The molecule has 2 atom stereocenters. The lowest BCUT2D eigenvalue weighted by Crippen LogP contribution is -2.37. The van der Waals surface area contributed by atoms with Gasteiger partial charge in [0.15, 0.2) is 0 Å². The first-order valence-corrected chi connectivity index (χ1v) is 14.6. The molecule has 1 heterocycles. The van der Waals surface area contributed by atoms with Gasteiger partial charge in [-0.05, 0) is 81.8 Å². The fourth-order valence-corrected chi connectivity index (χ4v) is 7.45. The first kappa shape index (κ1) is 22.8. The summed E-state index contributed by atoms with van der Waals surface area (Å²) in [5.41, 5.74) is 7.31. The average molecular weight is 509 g/mol. The Kier molecular flexibility index (Phi) is 5.27. The van der Waals surface area contributed by atoms with Gasteiger partial charge in [-0.3, -0.25) is 4.18 Å². The first-order valence-electron chi connectivity index (χ1n) is 13.0. The van der Waals surface area contributed by atoms with E-state index in [1.165, 1.54) is 27.1 Å². The number of hydrogen-bond donors (Lipinski definition) is 0. The van der Waals surface area contributed by atoms with Crippen LogP contribution in [0, 0.1) is 0 Å². The van der Waals surface area contributed by atoms with E-state index in [0.717, 1.165) is 46.6 Å². The van der Waals surface area contributed by atoms with Crippen molar-refractivity contribution in [3.8, 4) is 5.75 Å². The number of allylic oxidation sites excluding steroid dienone is 6. The van der Waals surface area contributed by atoms with Gasteiger partial charge in [-0.15, -0.1) is 0 Å². The molecule has 186 valence electrons. The molecule has 2 unspecified atom stereocenters. The molecule has 0 saturated carbocycles. The van der Waals surface area contributed by atoms with Gasteiger partial charge in [-0.25, -0.2) is 0 Å². The number of ether oxygens (including phenoxy) is 1. The molecular weight excluding hydrogens is 480 g/mol. The van der Waals surface area contributed by atoms with Crippen LogP contribution in [0.15, 0.2) is 60.2 Å². The Morgan fingerprint density at radius 1 is 1.05 bits per heavy atom. The molecule has 1 aliphatic heterocycles. The molecule has 7 rings (SSSR count). The third-order valence-corrected chi connectivity index (χ3v) is 9.24. The molecule has 0 amide bonds. The Morgan fingerprint density at radius 3 is 2.86 bits per heavy atom. The highest BCUT2D eigenvalue weighted by Crippen LogP contribution is 2.33. The van der Waals surface area contributed by atoms with Gasteiger partial charge in [0.1, 0.15) is 17.6 Å². The van der Waals surface area contributed by atoms with Gasteiger partial charge in [-0.2, -0.15) is 8.42 Å². The Morgan fingerprint density at radius 2 is 1.97 bits per heavy atom. The maximum atomic E-state index is 12.4. The predicted molar refractivity (Wildman–Crippen MR) is 149 cm³/mol. The third-order valence-electron chi connectivity index (χ3n) is 7.98. The van der Waals surface area contributed by atoms with Crippen molar-refractivity contribution < 1.29 is 17.3 Å². The van der Waals surface area contributed by atoms with Crippen LogP contribution < -0.4 is 25.6 Å². The molecule has 2 aromatic rings. The summed E-state index contributed by atoms with van der Waals surface area (Å²) >= 11 is 0. The maximum absolute atomic E-state index is 12.4. The van der Waals surface area contributed by atoms with Gasteiger partial charge >= 0.3 is 0 Å². The van der Waals surface area contributed by atoms with Crippen LogP contribution in [0.25, 0.3) is 35.5 Å². The second-order valence-corrected chi connectivity index (χ2v) is 11.8. The van der Waals surface area contributed by atoms with Crippen LogP contribution in [-0.2, 0) is 14.3 Å². The fraction of sp³-hybridized carbons (Fsp3) is 0.250. The Labute approximate surface area is 216 Å². The van der Waals surface area contributed by atoms with Crippen molar-refractivity contribution in [2.75, 3.05) is 12.4 Å². The summed E-state index contributed by atoms with van der Waals surface area (Å²) < 4.78 is 36.3. The molecule has 2 aromatic carbocycles. The Balaban J connectivity index is 1.31. The molecule has 0 saturated heterocycles. The Bertz CT molecular complexity index is 1830. The summed E-state index contributed by atoms with van der Waals surface area (Å²) in [7, 11) is -3.64. The number of rotatable bonds is 5. The topological polar surface area (TPSA) is 52.6 Å². The molecule has 5 aliphatic rings. The molecule has 0 spiro atoms. The standard InChI is InChI=1S/C32H28O4S/c1-2-35-37(33,34)19-22-11-10-21-13-17-30-29(32(21)22)18-31(36-30)28-9-5-8-24-26-14-12-20-6-3-4-7-23(20)25(26)15-16-27(24)28/h4-5,7-11,13-18,28,31H,2-3,6,12,19H2,1H3. The van der Waals surface area contributed by atoms with E-state index in [0.29, 0.717) is 0 Å². The molecule has 5 heteroatoms. The first-order chi connectivity index (χ1) is 18.0. The lowest BCUT2D eigenvalue weighted by atomic mass is 9.81. The van der Waals surface area contributed by atoms with Gasteiger partial charge in [0.25, 0.3) is 10.1 Å². The van der Waals surface area contributed by atoms with E-state index in [2.05, 4.69) is 54.7 Å². The van der Waals surface area contributed by atoms with E-state index in [1.807, 2.05) is 24.3 Å². The van der Waals surface area contributed by atoms with Gasteiger partial charge in [0, 0.05) is 11.1 Å². The van der Waals surface area contributed by atoms with E-state index in [4.69, 9.17) is 8.92 Å². The zero-order valence-electron chi connectivity index (χ0n) is 20.7. The van der Waals surface area contributed by atoms with E-state index in [1.54, 1.807) is 12.5 Å². The molecule has 0 N–H and O–H groups in total. The molecule has 37 heavy (non-hydrogen) atoms. The molecule has 4 aliphatic carbocycles. The number of hydrogen-bond acceptors (Lipinski definition) is 4. The lowest BCUT2D eigenvalue weighted by Gasteiger charge is -2.26.